The van der Waals surface area contributed by atoms with Crippen LogP contribution in [-0.4, -0.2) is 23.5 Å². The third-order valence-corrected chi connectivity index (χ3v) is 4.83. The maximum atomic E-state index is 12.9. The molecule has 1 heterocycles. The van der Waals surface area contributed by atoms with Gasteiger partial charge in [-0.05, 0) is 49.1 Å². The van der Waals surface area contributed by atoms with Gasteiger partial charge in [-0.1, -0.05) is 37.8 Å². The second-order valence-corrected chi connectivity index (χ2v) is 6.89. The van der Waals surface area contributed by atoms with E-state index >= 15 is 0 Å². The van der Waals surface area contributed by atoms with E-state index in [4.69, 9.17) is 0 Å². The number of anilines is 1. The monoisotopic (exact) mass is 355 g/mol. The molecular formula is C21H26FN3O. The molecule has 138 valence electrons. The van der Waals surface area contributed by atoms with Crippen molar-refractivity contribution in [2.75, 3.05) is 11.9 Å². The molecule has 4 nitrogen and oxygen atoms in total. The highest BCUT2D eigenvalue weighted by molar-refractivity contribution is 5.93. The number of aromatic nitrogens is 1. The van der Waals surface area contributed by atoms with Gasteiger partial charge < -0.3 is 10.6 Å². The minimum atomic E-state index is -0.250. The molecule has 2 N–H and O–H groups in total. The normalized spacial score (nSPS) is 15.3. The summed E-state index contributed by atoms with van der Waals surface area (Å²) in [6.45, 7) is 0.492. The highest BCUT2D eigenvalue weighted by Gasteiger charge is 2.13. The molecule has 1 aliphatic rings. The Bertz CT molecular complexity index is 709. The molecule has 0 unspecified atom stereocenters. The zero-order valence-corrected chi connectivity index (χ0v) is 15.0. The molecule has 1 amide bonds. The minimum Gasteiger partial charge on any atom is -0.382 e. The van der Waals surface area contributed by atoms with Crippen molar-refractivity contribution >= 4 is 11.6 Å². The van der Waals surface area contributed by atoms with Gasteiger partial charge in [0.2, 0.25) is 0 Å². The topological polar surface area (TPSA) is 54.0 Å². The highest BCUT2D eigenvalue weighted by atomic mass is 19.1. The Morgan fingerprint density at radius 3 is 2.54 bits per heavy atom. The zero-order chi connectivity index (χ0) is 18.2. The third kappa shape index (κ3) is 5.55. The van der Waals surface area contributed by atoms with Crippen LogP contribution < -0.4 is 10.6 Å². The number of nitrogens with zero attached hydrogens (tertiary/aromatic N) is 1. The van der Waals surface area contributed by atoms with Crippen molar-refractivity contribution in [1.82, 2.24) is 10.3 Å². The summed E-state index contributed by atoms with van der Waals surface area (Å²) in [6, 6.07) is 10.5. The Labute approximate surface area is 154 Å². The first-order chi connectivity index (χ1) is 12.7. The molecule has 0 atom stereocenters. The summed E-state index contributed by atoms with van der Waals surface area (Å²) in [5.74, 6) is -0.434. The molecule has 0 saturated heterocycles. The van der Waals surface area contributed by atoms with Crippen LogP contribution in [0.3, 0.4) is 0 Å². The van der Waals surface area contributed by atoms with Gasteiger partial charge in [-0.15, -0.1) is 0 Å². The number of hydrogen-bond acceptors (Lipinski definition) is 3. The molecule has 0 radical (unpaired) electrons. The maximum Gasteiger partial charge on any atom is 0.269 e. The van der Waals surface area contributed by atoms with Crippen LogP contribution >= 0.6 is 0 Å². The summed E-state index contributed by atoms with van der Waals surface area (Å²) in [5.41, 5.74) is 2.36. The van der Waals surface area contributed by atoms with Crippen LogP contribution in [0.25, 0.3) is 0 Å². The van der Waals surface area contributed by atoms with Crippen LogP contribution in [0.4, 0.5) is 10.1 Å². The van der Waals surface area contributed by atoms with E-state index < -0.39 is 0 Å². The number of nitrogens with one attached hydrogen (secondary N) is 2. The van der Waals surface area contributed by atoms with Crippen LogP contribution in [0.5, 0.6) is 0 Å². The third-order valence-electron chi connectivity index (χ3n) is 4.83. The largest absolute Gasteiger partial charge is 0.382 e. The number of carbonyl (C=O) groups is 1. The van der Waals surface area contributed by atoms with E-state index in [1.165, 1.54) is 50.7 Å². The van der Waals surface area contributed by atoms with Crippen molar-refractivity contribution in [3.8, 4) is 0 Å². The van der Waals surface area contributed by atoms with E-state index in [0.717, 1.165) is 11.3 Å². The van der Waals surface area contributed by atoms with Crippen molar-refractivity contribution in [2.45, 2.75) is 51.0 Å². The number of hydrogen-bond donors (Lipinski definition) is 2. The number of benzene rings is 1. The van der Waals surface area contributed by atoms with E-state index in [1.807, 2.05) is 12.1 Å². The summed E-state index contributed by atoms with van der Waals surface area (Å²) >= 11 is 0. The van der Waals surface area contributed by atoms with Gasteiger partial charge in [0.1, 0.15) is 11.5 Å². The molecule has 1 aliphatic carbocycles. The average molecular weight is 355 g/mol. The first-order valence-electron chi connectivity index (χ1n) is 9.46. The second kappa shape index (κ2) is 9.32. The number of halogens is 1. The van der Waals surface area contributed by atoms with Gasteiger partial charge in [0.15, 0.2) is 0 Å². The molecule has 5 heteroatoms. The highest BCUT2D eigenvalue weighted by Crippen LogP contribution is 2.21. The van der Waals surface area contributed by atoms with Crippen molar-refractivity contribution in [3.05, 3.63) is 59.7 Å². The summed E-state index contributed by atoms with van der Waals surface area (Å²) in [7, 11) is 0. The number of amides is 1. The van der Waals surface area contributed by atoms with E-state index in [0.29, 0.717) is 24.7 Å². The first-order valence-corrected chi connectivity index (χ1v) is 9.46. The van der Waals surface area contributed by atoms with Crippen LogP contribution in [0.2, 0.25) is 0 Å². The molecule has 1 aromatic carbocycles. The Hall–Kier alpha value is -2.43. The fraction of sp³-hybridized carbons (Fsp3) is 0.429. The lowest BCUT2D eigenvalue weighted by atomic mass is 10.1. The van der Waals surface area contributed by atoms with E-state index in [9.17, 15) is 9.18 Å². The van der Waals surface area contributed by atoms with Crippen LogP contribution in [0.15, 0.2) is 42.6 Å². The Morgan fingerprint density at radius 2 is 1.81 bits per heavy atom. The predicted molar refractivity (Wildman–Crippen MR) is 102 cm³/mol. The summed E-state index contributed by atoms with van der Waals surface area (Å²) in [6.07, 6.45) is 9.86. The molecule has 1 aromatic heterocycles. The van der Waals surface area contributed by atoms with Crippen LogP contribution in [0.1, 0.15) is 54.6 Å². The van der Waals surface area contributed by atoms with Gasteiger partial charge in [-0.25, -0.2) is 4.39 Å². The van der Waals surface area contributed by atoms with Crippen molar-refractivity contribution in [2.24, 2.45) is 0 Å². The van der Waals surface area contributed by atoms with Gasteiger partial charge >= 0.3 is 0 Å². The molecule has 0 aliphatic heterocycles. The van der Waals surface area contributed by atoms with Gasteiger partial charge in [-0.3, -0.25) is 9.78 Å². The Balaban J connectivity index is 1.51. The van der Waals surface area contributed by atoms with Gasteiger partial charge in [0.05, 0.1) is 0 Å². The van der Waals surface area contributed by atoms with E-state index in [-0.39, 0.29) is 11.7 Å². The van der Waals surface area contributed by atoms with Crippen LogP contribution in [-0.2, 0) is 6.42 Å². The average Bonchev–Trinajstić information content (AvgIpc) is 2.92. The molecule has 3 rings (SSSR count). The van der Waals surface area contributed by atoms with Crippen molar-refractivity contribution in [1.29, 1.82) is 0 Å². The zero-order valence-electron chi connectivity index (χ0n) is 15.0. The minimum absolute atomic E-state index is 0.184. The molecule has 1 fully saturated rings. The number of carbonyl (C=O) groups excluding carboxylic acids is 1. The number of rotatable bonds is 6. The van der Waals surface area contributed by atoms with Gasteiger partial charge in [0, 0.05) is 24.5 Å². The van der Waals surface area contributed by atoms with Crippen LogP contribution in [0, 0.1) is 5.82 Å². The van der Waals surface area contributed by atoms with Crippen molar-refractivity contribution in [3.63, 3.8) is 0 Å². The SMILES string of the molecule is O=C(NCCc1ccc(F)cc1)c1cc(NC2CCCCCC2)ccn1. The lowest BCUT2D eigenvalue weighted by Crippen LogP contribution is -2.27. The van der Waals surface area contributed by atoms with E-state index in [2.05, 4.69) is 15.6 Å². The Morgan fingerprint density at radius 1 is 1.08 bits per heavy atom. The molecule has 2 aromatic rings. The van der Waals surface area contributed by atoms with E-state index in [1.54, 1.807) is 18.3 Å². The summed E-state index contributed by atoms with van der Waals surface area (Å²) in [4.78, 5) is 16.5. The second-order valence-electron chi connectivity index (χ2n) is 6.89. The molecule has 26 heavy (non-hydrogen) atoms. The van der Waals surface area contributed by atoms with Gasteiger partial charge in [-0.2, -0.15) is 0 Å². The molecule has 0 bridgehead atoms. The fourth-order valence-corrected chi connectivity index (χ4v) is 3.37. The molecule has 0 spiro atoms. The standard InChI is InChI=1S/C21H26FN3O/c22-17-9-7-16(8-10-17)11-13-24-21(26)20-15-19(12-14-23-20)25-18-5-3-1-2-4-6-18/h7-10,12,14-15,18H,1-6,11,13H2,(H,23,25)(H,24,26). The lowest BCUT2D eigenvalue weighted by Gasteiger charge is -2.17. The van der Waals surface area contributed by atoms with Crippen molar-refractivity contribution < 1.29 is 9.18 Å². The quantitative estimate of drug-likeness (QED) is 0.759. The summed E-state index contributed by atoms with van der Waals surface area (Å²) in [5, 5.41) is 6.43. The van der Waals surface area contributed by atoms with Gasteiger partial charge in [0.25, 0.3) is 5.91 Å². The molecular weight excluding hydrogens is 329 g/mol. The first kappa shape index (κ1) is 18.4. The summed E-state index contributed by atoms with van der Waals surface area (Å²) < 4.78 is 12.9. The fourth-order valence-electron chi connectivity index (χ4n) is 3.37. The lowest BCUT2D eigenvalue weighted by molar-refractivity contribution is 0.0949. The molecule has 1 saturated carbocycles. The Kier molecular flexibility index (Phi) is 6.58. The maximum absolute atomic E-state index is 12.9. The number of pyridine rings is 1. The smallest absolute Gasteiger partial charge is 0.269 e. The predicted octanol–water partition coefficient (Wildman–Crippen LogP) is 4.33.